The van der Waals surface area contributed by atoms with Gasteiger partial charge in [0.25, 0.3) is 5.56 Å². The summed E-state index contributed by atoms with van der Waals surface area (Å²) in [6.07, 6.45) is 2.89. The molecule has 0 aliphatic rings. The first kappa shape index (κ1) is 21.6. The van der Waals surface area contributed by atoms with E-state index in [9.17, 15) is 19.1 Å². The average Bonchev–Trinajstić information content (AvgIpc) is 2.83. The predicted octanol–water partition coefficient (Wildman–Crippen LogP) is 4.08. The molecule has 0 aliphatic heterocycles. The number of pyridine rings is 3. The lowest BCUT2D eigenvalue weighted by molar-refractivity contribution is 0.0520. The summed E-state index contributed by atoms with van der Waals surface area (Å²) >= 11 is 0. The van der Waals surface area contributed by atoms with Gasteiger partial charge in [-0.05, 0) is 36.8 Å². The first-order valence-electron chi connectivity index (χ1n) is 9.94. The lowest BCUT2D eigenvalue weighted by Gasteiger charge is -2.15. The van der Waals surface area contributed by atoms with Crippen molar-refractivity contribution in [3.8, 4) is 17.0 Å². The van der Waals surface area contributed by atoms with Gasteiger partial charge < -0.3 is 9.84 Å². The van der Waals surface area contributed by atoms with Crippen LogP contribution < -0.4 is 5.56 Å². The van der Waals surface area contributed by atoms with E-state index in [1.165, 1.54) is 41.2 Å². The third kappa shape index (κ3) is 4.14. The number of hydrogen-bond acceptors (Lipinski definition) is 6. The van der Waals surface area contributed by atoms with Crippen molar-refractivity contribution < 1.29 is 19.0 Å². The fraction of sp³-hybridized carbons (Fsp3) is 0.125. The molecule has 0 saturated carbocycles. The smallest absolute Gasteiger partial charge is 0.347 e. The number of fused-ring (bicyclic) bond motifs is 1. The van der Waals surface area contributed by atoms with Crippen LogP contribution in [0.1, 0.15) is 22.8 Å². The Morgan fingerprint density at radius 2 is 1.94 bits per heavy atom. The highest BCUT2D eigenvalue weighted by atomic mass is 19.1. The molecular weight excluding hydrogens is 427 g/mol. The number of carbonyl (C=O) groups excluding carboxylic acids is 1. The van der Waals surface area contributed by atoms with Crippen molar-refractivity contribution in [3.05, 3.63) is 93.6 Å². The van der Waals surface area contributed by atoms with Crippen molar-refractivity contribution in [1.29, 1.82) is 0 Å². The molecule has 0 aliphatic carbocycles. The molecule has 3 heterocycles. The molecule has 0 amide bonds. The van der Waals surface area contributed by atoms with Gasteiger partial charge in [-0.3, -0.25) is 14.3 Å². The second-order valence-electron chi connectivity index (χ2n) is 7.07. The van der Waals surface area contributed by atoms with Crippen LogP contribution in [-0.4, -0.2) is 32.2 Å². The Morgan fingerprint density at radius 3 is 2.58 bits per heavy atom. The standard InChI is InChI=1S/C24H17FN4O4/c1-3-33-24(32)20-21(30)18-10-15(19-9-8-17(26-2)12-27-19)11-28-22(18)29(23(20)31)13-14-4-6-16(25)7-5-14/h4-12,30H,3,13H2,1H3. The van der Waals surface area contributed by atoms with E-state index in [-0.39, 0.29) is 24.2 Å². The Kier molecular flexibility index (Phi) is 5.83. The SMILES string of the molecule is [C-]#[N+]c1ccc(-c2cnc3c(c2)c(O)c(C(=O)OCC)c(=O)n3Cc2ccc(F)cc2)nc1. The highest BCUT2D eigenvalue weighted by molar-refractivity contribution is 5.99. The highest BCUT2D eigenvalue weighted by Crippen LogP contribution is 2.30. The van der Waals surface area contributed by atoms with Crippen molar-refractivity contribution in [2.45, 2.75) is 13.5 Å². The van der Waals surface area contributed by atoms with Gasteiger partial charge in [-0.25, -0.2) is 19.0 Å². The first-order valence-corrected chi connectivity index (χ1v) is 9.94. The quantitative estimate of drug-likeness (QED) is 0.368. The normalized spacial score (nSPS) is 10.7. The summed E-state index contributed by atoms with van der Waals surface area (Å²) in [4.78, 5) is 37.6. The summed E-state index contributed by atoms with van der Waals surface area (Å²) in [6, 6.07) is 10.3. The van der Waals surface area contributed by atoms with Crippen molar-refractivity contribution >= 4 is 22.7 Å². The van der Waals surface area contributed by atoms with E-state index < -0.39 is 28.7 Å². The summed E-state index contributed by atoms with van der Waals surface area (Å²) in [7, 11) is 0. The molecule has 8 nitrogen and oxygen atoms in total. The average molecular weight is 444 g/mol. The number of rotatable bonds is 5. The summed E-state index contributed by atoms with van der Waals surface area (Å²) < 4.78 is 19.5. The summed E-state index contributed by atoms with van der Waals surface area (Å²) in [6.45, 7) is 8.64. The molecule has 0 unspecified atom stereocenters. The van der Waals surface area contributed by atoms with Crippen LogP contribution in [-0.2, 0) is 11.3 Å². The lowest BCUT2D eigenvalue weighted by atomic mass is 10.1. The number of aromatic hydroxyl groups is 1. The number of carbonyl (C=O) groups is 1. The van der Waals surface area contributed by atoms with Crippen molar-refractivity contribution in [2.24, 2.45) is 0 Å². The maximum absolute atomic E-state index is 13.3. The third-order valence-corrected chi connectivity index (χ3v) is 4.98. The molecule has 0 spiro atoms. The molecule has 0 radical (unpaired) electrons. The molecule has 4 rings (SSSR count). The van der Waals surface area contributed by atoms with Crippen molar-refractivity contribution in [1.82, 2.24) is 14.5 Å². The first-order chi connectivity index (χ1) is 15.9. The Balaban J connectivity index is 1.94. The maximum atomic E-state index is 13.3. The fourth-order valence-corrected chi connectivity index (χ4v) is 3.38. The number of ether oxygens (including phenoxy) is 1. The molecule has 9 heteroatoms. The number of hydrogen-bond donors (Lipinski definition) is 1. The number of halogens is 1. The molecule has 4 aromatic rings. The van der Waals surface area contributed by atoms with E-state index in [2.05, 4.69) is 14.8 Å². The zero-order valence-corrected chi connectivity index (χ0v) is 17.4. The zero-order chi connectivity index (χ0) is 23.5. The van der Waals surface area contributed by atoms with Gasteiger partial charge in [0.15, 0.2) is 5.56 Å². The Hall–Kier alpha value is -4.58. The predicted molar refractivity (Wildman–Crippen MR) is 119 cm³/mol. The molecule has 1 N–H and O–H groups in total. The largest absolute Gasteiger partial charge is 0.506 e. The highest BCUT2D eigenvalue weighted by Gasteiger charge is 2.24. The minimum Gasteiger partial charge on any atom is -0.506 e. The second kappa shape index (κ2) is 8.88. The number of aromatic nitrogens is 3. The number of esters is 1. The van der Waals surface area contributed by atoms with Gasteiger partial charge in [-0.15, -0.1) is 0 Å². The van der Waals surface area contributed by atoms with E-state index in [0.29, 0.717) is 22.5 Å². The van der Waals surface area contributed by atoms with Crippen LogP contribution in [0.15, 0.2) is 59.7 Å². The maximum Gasteiger partial charge on any atom is 0.347 e. The molecular formula is C24H17FN4O4. The summed E-state index contributed by atoms with van der Waals surface area (Å²) in [5.74, 6) is -1.93. The van der Waals surface area contributed by atoms with Gasteiger partial charge in [0, 0.05) is 18.0 Å². The molecule has 164 valence electrons. The Morgan fingerprint density at radius 1 is 1.18 bits per heavy atom. The second-order valence-corrected chi connectivity index (χ2v) is 7.07. The van der Waals surface area contributed by atoms with Crippen molar-refractivity contribution in [2.75, 3.05) is 6.61 Å². The third-order valence-electron chi connectivity index (χ3n) is 4.98. The molecule has 1 aromatic carbocycles. The van der Waals surface area contributed by atoms with Crippen LogP contribution in [0.4, 0.5) is 10.1 Å². The minimum atomic E-state index is -0.959. The lowest BCUT2D eigenvalue weighted by Crippen LogP contribution is -2.29. The fourth-order valence-electron chi connectivity index (χ4n) is 3.38. The van der Waals surface area contributed by atoms with Gasteiger partial charge in [0.1, 0.15) is 17.2 Å². The molecule has 33 heavy (non-hydrogen) atoms. The van der Waals surface area contributed by atoms with E-state index in [0.717, 1.165) is 0 Å². The molecule has 0 saturated heterocycles. The van der Waals surface area contributed by atoms with Crippen molar-refractivity contribution in [3.63, 3.8) is 0 Å². The van der Waals surface area contributed by atoms with Crippen LogP contribution >= 0.6 is 0 Å². The Bertz CT molecular complexity index is 1460. The Labute approximate surface area is 187 Å². The van der Waals surface area contributed by atoms with Crippen LogP contribution in [0.5, 0.6) is 5.75 Å². The van der Waals surface area contributed by atoms with E-state index >= 15 is 0 Å². The molecule has 3 aromatic heterocycles. The van der Waals surface area contributed by atoms with Gasteiger partial charge in [0.05, 0.1) is 30.8 Å². The molecule has 0 bridgehead atoms. The van der Waals surface area contributed by atoms with Crippen LogP contribution in [0, 0.1) is 12.4 Å². The zero-order valence-electron chi connectivity index (χ0n) is 17.4. The van der Waals surface area contributed by atoms with Crippen LogP contribution in [0.2, 0.25) is 0 Å². The van der Waals surface area contributed by atoms with Gasteiger partial charge in [-0.2, -0.15) is 0 Å². The van der Waals surface area contributed by atoms with E-state index in [4.69, 9.17) is 11.3 Å². The van der Waals surface area contributed by atoms with Gasteiger partial charge >= 0.3 is 5.97 Å². The number of benzene rings is 1. The van der Waals surface area contributed by atoms with E-state index in [1.54, 1.807) is 25.1 Å². The summed E-state index contributed by atoms with van der Waals surface area (Å²) in [5, 5.41) is 11.0. The van der Waals surface area contributed by atoms with Crippen LogP contribution in [0.3, 0.4) is 0 Å². The number of nitrogens with zero attached hydrogens (tertiary/aromatic N) is 4. The molecule has 0 fully saturated rings. The topological polar surface area (TPSA) is 98.7 Å². The summed E-state index contributed by atoms with van der Waals surface area (Å²) in [5.41, 5.74) is 0.817. The van der Waals surface area contributed by atoms with Gasteiger partial charge in [0.2, 0.25) is 5.69 Å². The van der Waals surface area contributed by atoms with E-state index in [1.807, 2.05) is 0 Å². The minimum absolute atomic E-state index is 0.00735. The van der Waals surface area contributed by atoms with Gasteiger partial charge in [-0.1, -0.05) is 18.2 Å². The molecule has 0 atom stereocenters. The van der Waals surface area contributed by atoms with Crippen LogP contribution in [0.25, 0.3) is 27.1 Å². The monoisotopic (exact) mass is 444 g/mol.